The Morgan fingerprint density at radius 2 is 0.836 bits per heavy atom. The number of furan rings is 1. The minimum Gasteiger partial charge on any atom is -0.456 e. The molecule has 0 amide bonds. The van der Waals surface area contributed by atoms with Crippen LogP contribution in [0, 0.1) is 0 Å². The van der Waals surface area contributed by atoms with Crippen LogP contribution < -0.4 is 4.90 Å². The SMILES string of the molecule is c1ccc(-c2ccc(N(c3ccc(-c4ccc(-c5cccc6ccccc56)cc4)cc3)c3cccc(-c4cccc5c4c4ccccc4n5-c4ccc5oc6ccccc6c5c4)c3)cc2)cc1. The third-order valence-electron chi connectivity index (χ3n) is 13.4. The Bertz CT molecular complexity index is 3950. The molecule has 3 heteroatoms. The van der Waals surface area contributed by atoms with Crippen LogP contribution in [0.2, 0.25) is 0 Å². The highest BCUT2D eigenvalue weighted by molar-refractivity contribution is 6.16. The molecule has 2 aromatic heterocycles. The number of benzene rings is 11. The number of fused-ring (bicyclic) bond motifs is 7. The van der Waals surface area contributed by atoms with Crippen molar-refractivity contribution in [2.45, 2.75) is 0 Å². The Kier molecular flexibility index (Phi) is 9.17. The van der Waals surface area contributed by atoms with E-state index in [4.69, 9.17) is 4.42 Å². The van der Waals surface area contributed by atoms with Crippen LogP contribution in [0.3, 0.4) is 0 Å². The summed E-state index contributed by atoms with van der Waals surface area (Å²) in [6.07, 6.45) is 0. The topological polar surface area (TPSA) is 21.3 Å². The maximum Gasteiger partial charge on any atom is 0.135 e. The van der Waals surface area contributed by atoms with Crippen LogP contribution in [0.25, 0.3) is 105 Å². The average molecular weight is 855 g/mol. The van der Waals surface area contributed by atoms with Crippen molar-refractivity contribution in [3.63, 3.8) is 0 Å². The van der Waals surface area contributed by atoms with E-state index in [1.54, 1.807) is 0 Å². The lowest BCUT2D eigenvalue weighted by Crippen LogP contribution is -2.10. The number of anilines is 3. The van der Waals surface area contributed by atoms with E-state index in [1.165, 1.54) is 60.5 Å². The van der Waals surface area contributed by atoms with Crippen LogP contribution in [-0.4, -0.2) is 4.57 Å². The van der Waals surface area contributed by atoms with Gasteiger partial charge in [-0.2, -0.15) is 0 Å². The largest absolute Gasteiger partial charge is 0.456 e. The normalized spacial score (nSPS) is 11.6. The van der Waals surface area contributed by atoms with Crippen LogP contribution >= 0.6 is 0 Å². The lowest BCUT2D eigenvalue weighted by Gasteiger charge is -2.26. The molecule has 11 aromatic carbocycles. The molecule has 314 valence electrons. The van der Waals surface area contributed by atoms with Gasteiger partial charge in [0.1, 0.15) is 11.2 Å². The highest BCUT2D eigenvalue weighted by Crippen LogP contribution is 2.43. The van der Waals surface area contributed by atoms with Crippen molar-refractivity contribution in [3.8, 4) is 50.2 Å². The second-order valence-corrected chi connectivity index (χ2v) is 17.3. The molecule has 0 unspecified atom stereocenters. The van der Waals surface area contributed by atoms with E-state index in [-0.39, 0.29) is 0 Å². The summed E-state index contributed by atoms with van der Waals surface area (Å²) in [6.45, 7) is 0. The number of nitrogens with zero attached hydrogens (tertiary/aromatic N) is 2. The number of hydrogen-bond acceptors (Lipinski definition) is 2. The van der Waals surface area contributed by atoms with E-state index in [2.05, 4.69) is 252 Å². The van der Waals surface area contributed by atoms with Crippen molar-refractivity contribution in [1.82, 2.24) is 4.57 Å². The molecule has 0 bridgehead atoms. The van der Waals surface area contributed by atoms with Gasteiger partial charge in [0.25, 0.3) is 0 Å². The molecular formula is C64H42N2O. The number of para-hydroxylation sites is 2. The third-order valence-corrected chi connectivity index (χ3v) is 13.4. The van der Waals surface area contributed by atoms with E-state index in [1.807, 2.05) is 12.1 Å². The first-order valence-electron chi connectivity index (χ1n) is 22.9. The van der Waals surface area contributed by atoms with Gasteiger partial charge in [-0.25, -0.2) is 0 Å². The molecule has 0 saturated carbocycles. The van der Waals surface area contributed by atoms with Gasteiger partial charge in [-0.15, -0.1) is 0 Å². The first kappa shape index (κ1) is 38.5. The van der Waals surface area contributed by atoms with Crippen molar-refractivity contribution in [1.29, 1.82) is 0 Å². The number of aromatic nitrogens is 1. The van der Waals surface area contributed by atoms with Gasteiger partial charge in [0.15, 0.2) is 0 Å². The van der Waals surface area contributed by atoms with Gasteiger partial charge in [-0.3, -0.25) is 0 Å². The fourth-order valence-electron chi connectivity index (χ4n) is 10.2. The molecule has 0 aliphatic carbocycles. The Labute approximate surface area is 388 Å². The fraction of sp³-hybridized carbons (Fsp3) is 0. The predicted octanol–water partition coefficient (Wildman–Crippen LogP) is 18.0. The van der Waals surface area contributed by atoms with Crippen LogP contribution in [0.4, 0.5) is 17.1 Å². The van der Waals surface area contributed by atoms with Crippen LogP contribution in [0.1, 0.15) is 0 Å². The molecular weight excluding hydrogens is 813 g/mol. The van der Waals surface area contributed by atoms with Gasteiger partial charge in [-0.1, -0.05) is 182 Å². The predicted molar refractivity (Wildman–Crippen MR) is 282 cm³/mol. The van der Waals surface area contributed by atoms with Crippen molar-refractivity contribution in [2.75, 3.05) is 4.90 Å². The molecule has 0 aliphatic rings. The minimum absolute atomic E-state index is 0.892. The molecule has 13 aromatic rings. The molecule has 0 N–H and O–H groups in total. The van der Waals surface area contributed by atoms with Crippen LogP contribution in [-0.2, 0) is 0 Å². The quantitative estimate of drug-likeness (QED) is 0.152. The van der Waals surface area contributed by atoms with Gasteiger partial charge >= 0.3 is 0 Å². The van der Waals surface area contributed by atoms with Gasteiger partial charge < -0.3 is 13.9 Å². The van der Waals surface area contributed by atoms with Gasteiger partial charge in [0.2, 0.25) is 0 Å². The fourth-order valence-corrected chi connectivity index (χ4v) is 10.2. The first-order chi connectivity index (χ1) is 33.2. The van der Waals surface area contributed by atoms with Crippen molar-refractivity contribution in [2.24, 2.45) is 0 Å². The molecule has 67 heavy (non-hydrogen) atoms. The lowest BCUT2D eigenvalue weighted by molar-refractivity contribution is 0.669. The molecule has 0 saturated heterocycles. The Morgan fingerprint density at radius 1 is 0.299 bits per heavy atom. The van der Waals surface area contributed by atoms with Gasteiger partial charge in [-0.05, 0) is 128 Å². The monoisotopic (exact) mass is 854 g/mol. The zero-order chi connectivity index (χ0) is 44.3. The van der Waals surface area contributed by atoms with Crippen LogP contribution in [0.15, 0.2) is 259 Å². The van der Waals surface area contributed by atoms with Crippen molar-refractivity contribution >= 4 is 71.6 Å². The minimum atomic E-state index is 0.892. The summed E-state index contributed by atoms with van der Waals surface area (Å²) in [5.74, 6) is 0. The number of hydrogen-bond donors (Lipinski definition) is 0. The third kappa shape index (κ3) is 6.67. The molecule has 0 aliphatic heterocycles. The summed E-state index contributed by atoms with van der Waals surface area (Å²) >= 11 is 0. The molecule has 13 rings (SSSR count). The molecule has 0 spiro atoms. The van der Waals surface area contributed by atoms with E-state index in [0.29, 0.717) is 0 Å². The summed E-state index contributed by atoms with van der Waals surface area (Å²) < 4.78 is 8.64. The molecule has 0 atom stereocenters. The molecule has 0 radical (unpaired) electrons. The first-order valence-corrected chi connectivity index (χ1v) is 22.9. The molecule has 2 heterocycles. The van der Waals surface area contributed by atoms with E-state index >= 15 is 0 Å². The zero-order valence-electron chi connectivity index (χ0n) is 36.6. The van der Waals surface area contributed by atoms with Crippen molar-refractivity contribution in [3.05, 3.63) is 255 Å². The Balaban J connectivity index is 0.906. The summed E-state index contributed by atoms with van der Waals surface area (Å²) in [6, 6.07) is 92.0. The average Bonchev–Trinajstić information content (AvgIpc) is 3.95. The standard InChI is InChI=1S/C64H42N2O/c1-2-13-43(14-3-1)45-31-35-50(36-32-45)65(51-37-33-46(34-38-51)44-27-29-48(30-28-44)55-22-11-16-47-15-4-5-19-54(47)55)52-18-10-17-49(41-52)56-23-12-25-61-64(56)58-21-6-8-24-60(58)66(61)53-39-40-63-59(42-53)57-20-7-9-26-62(57)67-63/h1-42H. The lowest BCUT2D eigenvalue weighted by atomic mass is 9.96. The van der Waals surface area contributed by atoms with E-state index < -0.39 is 0 Å². The molecule has 3 nitrogen and oxygen atoms in total. The van der Waals surface area contributed by atoms with E-state index in [0.717, 1.165) is 61.3 Å². The Morgan fingerprint density at radius 3 is 1.61 bits per heavy atom. The zero-order valence-corrected chi connectivity index (χ0v) is 36.6. The summed E-state index contributed by atoms with van der Waals surface area (Å²) in [5.41, 5.74) is 18.0. The highest BCUT2D eigenvalue weighted by Gasteiger charge is 2.20. The summed E-state index contributed by atoms with van der Waals surface area (Å²) in [7, 11) is 0. The second kappa shape index (κ2) is 16.0. The van der Waals surface area contributed by atoms with Gasteiger partial charge in [0.05, 0.1) is 11.0 Å². The van der Waals surface area contributed by atoms with Crippen molar-refractivity contribution < 1.29 is 4.42 Å². The maximum atomic E-state index is 6.24. The smallest absolute Gasteiger partial charge is 0.135 e. The van der Waals surface area contributed by atoms with Gasteiger partial charge in [0, 0.05) is 44.3 Å². The molecule has 0 fully saturated rings. The number of rotatable bonds is 8. The summed E-state index contributed by atoms with van der Waals surface area (Å²) in [4.78, 5) is 2.37. The Hall–Kier alpha value is -8.92. The maximum absolute atomic E-state index is 6.24. The highest BCUT2D eigenvalue weighted by atomic mass is 16.3. The summed E-state index contributed by atoms with van der Waals surface area (Å²) in [5, 5.41) is 7.19. The second-order valence-electron chi connectivity index (χ2n) is 17.3. The van der Waals surface area contributed by atoms with E-state index in [9.17, 15) is 0 Å². The van der Waals surface area contributed by atoms with Crippen LogP contribution in [0.5, 0.6) is 0 Å².